The van der Waals surface area contributed by atoms with Crippen molar-refractivity contribution in [2.24, 2.45) is 5.10 Å². The topological polar surface area (TPSA) is 65.2 Å². The van der Waals surface area contributed by atoms with Gasteiger partial charge in [-0.15, -0.1) is 0 Å². The fraction of sp³-hybridized carbons (Fsp3) is 0.0625. The van der Waals surface area contributed by atoms with Crippen molar-refractivity contribution >= 4 is 33.1 Å². The quantitative estimate of drug-likeness (QED) is 0.520. The van der Waals surface area contributed by atoms with Crippen molar-refractivity contribution in [2.75, 3.05) is 5.43 Å². The molecule has 2 aromatic carbocycles. The van der Waals surface area contributed by atoms with Gasteiger partial charge in [-0.1, -0.05) is 28.1 Å². The number of nitriles is 1. The highest BCUT2D eigenvalue weighted by molar-refractivity contribution is 9.10. The van der Waals surface area contributed by atoms with Gasteiger partial charge in [0, 0.05) is 10.0 Å². The lowest BCUT2D eigenvalue weighted by atomic mass is 10.1. The Labute approximate surface area is 131 Å². The number of rotatable bonds is 4. The van der Waals surface area contributed by atoms with Gasteiger partial charge in [-0.25, -0.2) is 0 Å². The summed E-state index contributed by atoms with van der Waals surface area (Å²) >= 11 is 3.30. The van der Waals surface area contributed by atoms with Crippen LogP contribution in [-0.4, -0.2) is 11.5 Å². The SMILES string of the molecule is Cc1cccc(N/N=C(/C#N)C(=O)c2ccc(Br)cc2)c1. The van der Waals surface area contributed by atoms with Gasteiger partial charge in [0.15, 0.2) is 0 Å². The minimum atomic E-state index is -0.412. The second kappa shape index (κ2) is 6.82. The number of benzene rings is 2. The van der Waals surface area contributed by atoms with Crippen LogP contribution in [0.25, 0.3) is 0 Å². The summed E-state index contributed by atoms with van der Waals surface area (Å²) < 4.78 is 0.868. The molecule has 104 valence electrons. The van der Waals surface area contributed by atoms with Gasteiger partial charge in [0.25, 0.3) is 0 Å². The number of carbonyl (C=O) groups is 1. The lowest BCUT2D eigenvalue weighted by molar-refractivity contribution is 0.106. The number of hydrogen-bond donors (Lipinski definition) is 1. The monoisotopic (exact) mass is 341 g/mol. The van der Waals surface area contributed by atoms with E-state index in [-0.39, 0.29) is 5.71 Å². The second-order valence-electron chi connectivity index (χ2n) is 4.39. The van der Waals surface area contributed by atoms with E-state index in [1.165, 1.54) is 0 Å². The highest BCUT2D eigenvalue weighted by Crippen LogP contribution is 2.12. The summed E-state index contributed by atoms with van der Waals surface area (Å²) in [7, 11) is 0. The van der Waals surface area contributed by atoms with E-state index in [1.54, 1.807) is 24.3 Å². The zero-order valence-corrected chi connectivity index (χ0v) is 12.9. The van der Waals surface area contributed by atoms with Gasteiger partial charge in [0.2, 0.25) is 11.5 Å². The van der Waals surface area contributed by atoms with Gasteiger partial charge >= 0.3 is 0 Å². The number of hydrogen-bond acceptors (Lipinski definition) is 4. The molecule has 0 atom stereocenters. The lowest BCUT2D eigenvalue weighted by Gasteiger charge is -2.03. The van der Waals surface area contributed by atoms with Crippen LogP contribution in [0, 0.1) is 18.3 Å². The Morgan fingerprint density at radius 3 is 2.57 bits per heavy atom. The Kier molecular flexibility index (Phi) is 4.85. The van der Waals surface area contributed by atoms with Crippen molar-refractivity contribution in [3.8, 4) is 6.07 Å². The molecule has 0 radical (unpaired) electrons. The fourth-order valence-corrected chi connectivity index (χ4v) is 1.96. The molecule has 0 fully saturated rings. The van der Waals surface area contributed by atoms with Crippen LogP contribution in [0.15, 0.2) is 58.1 Å². The second-order valence-corrected chi connectivity index (χ2v) is 5.31. The van der Waals surface area contributed by atoms with Gasteiger partial charge in [0.05, 0.1) is 5.69 Å². The van der Waals surface area contributed by atoms with Crippen LogP contribution < -0.4 is 5.43 Å². The van der Waals surface area contributed by atoms with Crippen molar-refractivity contribution in [3.05, 3.63) is 64.1 Å². The van der Waals surface area contributed by atoms with E-state index in [9.17, 15) is 4.79 Å². The number of ketones is 1. The molecule has 0 unspecified atom stereocenters. The average molecular weight is 342 g/mol. The van der Waals surface area contributed by atoms with Crippen LogP contribution in [0.5, 0.6) is 0 Å². The Bertz CT molecular complexity index is 730. The van der Waals surface area contributed by atoms with Crippen LogP contribution in [0.4, 0.5) is 5.69 Å². The fourth-order valence-electron chi connectivity index (χ4n) is 1.70. The normalized spacial score (nSPS) is 10.8. The van der Waals surface area contributed by atoms with Crippen LogP contribution in [0.2, 0.25) is 0 Å². The minimum absolute atomic E-state index is 0.182. The van der Waals surface area contributed by atoms with E-state index in [0.29, 0.717) is 5.56 Å². The molecule has 0 amide bonds. The smallest absolute Gasteiger partial charge is 0.223 e. The number of Topliss-reactive ketones (excluding diaryl/α,β-unsaturated/α-hetero) is 1. The number of anilines is 1. The van der Waals surface area contributed by atoms with Crippen molar-refractivity contribution in [3.63, 3.8) is 0 Å². The third-order valence-electron chi connectivity index (χ3n) is 2.74. The Morgan fingerprint density at radius 2 is 1.95 bits per heavy atom. The summed E-state index contributed by atoms with van der Waals surface area (Å²) in [5.74, 6) is -0.412. The molecular weight excluding hydrogens is 330 g/mol. The molecular formula is C16H12BrN3O. The van der Waals surface area contributed by atoms with E-state index in [2.05, 4.69) is 26.5 Å². The van der Waals surface area contributed by atoms with Crippen molar-refractivity contribution in [1.82, 2.24) is 0 Å². The van der Waals surface area contributed by atoms with Gasteiger partial charge in [-0.3, -0.25) is 10.2 Å². The molecule has 0 saturated heterocycles. The molecule has 2 aromatic rings. The lowest BCUT2D eigenvalue weighted by Crippen LogP contribution is -2.14. The largest absolute Gasteiger partial charge is 0.286 e. The standard InChI is InChI=1S/C16H12BrN3O/c1-11-3-2-4-14(9-11)19-20-15(10-18)16(21)12-5-7-13(17)8-6-12/h2-9,19H,1H3/b20-15-. The number of hydrazone groups is 1. The molecule has 0 heterocycles. The van der Waals surface area contributed by atoms with Crippen molar-refractivity contribution in [1.29, 1.82) is 5.26 Å². The van der Waals surface area contributed by atoms with E-state index in [4.69, 9.17) is 5.26 Å². The maximum atomic E-state index is 12.2. The summed E-state index contributed by atoms with van der Waals surface area (Å²) in [6, 6.07) is 16.1. The molecule has 0 spiro atoms. The molecule has 21 heavy (non-hydrogen) atoms. The van der Waals surface area contributed by atoms with E-state index in [0.717, 1.165) is 15.7 Å². The molecule has 0 aliphatic rings. The van der Waals surface area contributed by atoms with Crippen LogP contribution in [0.3, 0.4) is 0 Å². The molecule has 2 rings (SSSR count). The van der Waals surface area contributed by atoms with Crippen molar-refractivity contribution < 1.29 is 4.79 Å². The molecule has 0 bridgehead atoms. The molecule has 0 aromatic heterocycles. The number of nitrogens with zero attached hydrogens (tertiary/aromatic N) is 2. The third kappa shape index (κ3) is 4.01. The van der Waals surface area contributed by atoms with E-state index in [1.807, 2.05) is 37.3 Å². The molecule has 4 nitrogen and oxygen atoms in total. The highest BCUT2D eigenvalue weighted by atomic mass is 79.9. The first-order valence-corrected chi connectivity index (χ1v) is 7.00. The Balaban J connectivity index is 2.19. The van der Waals surface area contributed by atoms with Gasteiger partial charge in [0.1, 0.15) is 6.07 Å². The predicted octanol–water partition coefficient (Wildman–Crippen LogP) is 3.93. The Hall–Kier alpha value is -2.45. The van der Waals surface area contributed by atoms with Crippen LogP contribution in [0.1, 0.15) is 15.9 Å². The number of halogens is 1. The van der Waals surface area contributed by atoms with Gasteiger partial charge < -0.3 is 0 Å². The Morgan fingerprint density at radius 1 is 1.24 bits per heavy atom. The summed E-state index contributed by atoms with van der Waals surface area (Å²) in [4.78, 5) is 12.2. The molecule has 0 aliphatic carbocycles. The van der Waals surface area contributed by atoms with Gasteiger partial charge in [-0.05, 0) is 48.9 Å². The summed E-state index contributed by atoms with van der Waals surface area (Å²) in [5.41, 5.74) is 4.76. The predicted molar refractivity (Wildman–Crippen MR) is 86.3 cm³/mol. The van der Waals surface area contributed by atoms with E-state index < -0.39 is 5.78 Å². The van der Waals surface area contributed by atoms with Crippen LogP contribution >= 0.6 is 15.9 Å². The van der Waals surface area contributed by atoms with Crippen LogP contribution in [-0.2, 0) is 0 Å². The summed E-state index contributed by atoms with van der Waals surface area (Å²) in [6.07, 6.45) is 0. The maximum absolute atomic E-state index is 12.2. The van der Waals surface area contributed by atoms with Gasteiger partial charge in [-0.2, -0.15) is 10.4 Å². The number of carbonyl (C=O) groups excluding carboxylic acids is 1. The third-order valence-corrected chi connectivity index (χ3v) is 3.27. The zero-order chi connectivity index (χ0) is 15.2. The molecule has 5 heteroatoms. The van der Waals surface area contributed by atoms with Crippen molar-refractivity contribution in [2.45, 2.75) is 6.92 Å². The highest BCUT2D eigenvalue weighted by Gasteiger charge is 2.13. The first-order chi connectivity index (χ1) is 10.1. The maximum Gasteiger partial charge on any atom is 0.223 e. The first-order valence-electron chi connectivity index (χ1n) is 6.21. The zero-order valence-electron chi connectivity index (χ0n) is 11.3. The molecule has 0 aliphatic heterocycles. The molecule has 0 saturated carbocycles. The summed E-state index contributed by atoms with van der Waals surface area (Å²) in [6.45, 7) is 1.95. The average Bonchev–Trinajstić information content (AvgIpc) is 2.48. The molecule has 1 N–H and O–H groups in total. The summed E-state index contributed by atoms with van der Waals surface area (Å²) in [5, 5.41) is 13.0. The van der Waals surface area contributed by atoms with E-state index >= 15 is 0 Å². The number of aryl methyl sites for hydroxylation is 1. The first kappa shape index (κ1) is 14.9. The minimum Gasteiger partial charge on any atom is -0.286 e. The number of nitrogens with one attached hydrogen (secondary N) is 1.